The Kier molecular flexibility index (Phi) is 5.75. The highest BCUT2D eigenvalue weighted by atomic mass is 32.2. The number of rotatable bonds is 6. The second-order valence-electron chi connectivity index (χ2n) is 7.06. The highest BCUT2D eigenvalue weighted by Gasteiger charge is 2.18. The average molecular weight is 453 g/mol. The summed E-state index contributed by atoms with van der Waals surface area (Å²) in [5.41, 5.74) is 2.79. The molecule has 0 spiro atoms. The summed E-state index contributed by atoms with van der Waals surface area (Å²) < 4.78 is 29.9. The van der Waals surface area contributed by atoms with Crippen LogP contribution in [0.4, 0.5) is 5.13 Å². The predicted molar refractivity (Wildman–Crippen MR) is 123 cm³/mol. The maximum absolute atomic E-state index is 12.5. The summed E-state index contributed by atoms with van der Waals surface area (Å²) in [6.07, 6.45) is 0.421. The van der Waals surface area contributed by atoms with Crippen LogP contribution < -0.4 is 10.1 Å². The van der Waals surface area contributed by atoms with Crippen molar-refractivity contribution in [2.75, 3.05) is 11.6 Å². The molecule has 0 saturated carbocycles. The van der Waals surface area contributed by atoms with Crippen LogP contribution in [-0.4, -0.2) is 31.7 Å². The minimum absolute atomic E-state index is 0.220. The maximum Gasteiger partial charge on any atom is 0.266 e. The van der Waals surface area contributed by atoms with E-state index in [1.807, 2.05) is 54.6 Å². The van der Waals surface area contributed by atoms with E-state index in [4.69, 9.17) is 4.74 Å². The Morgan fingerprint density at radius 1 is 1.00 bits per heavy atom. The van der Waals surface area contributed by atoms with E-state index in [1.54, 1.807) is 19.1 Å². The van der Waals surface area contributed by atoms with Crippen LogP contribution in [0, 0.1) is 0 Å². The molecular formula is C23H20N2O4S2. The molecule has 4 aromatic rings. The molecule has 0 aliphatic rings. The molecule has 0 unspecified atom stereocenters. The fourth-order valence-electron chi connectivity index (χ4n) is 3.01. The molecule has 0 radical (unpaired) electrons. The van der Waals surface area contributed by atoms with Crippen molar-refractivity contribution >= 4 is 42.4 Å². The lowest BCUT2D eigenvalue weighted by atomic mass is 10.1. The number of ether oxygens (including phenoxy) is 1. The van der Waals surface area contributed by atoms with E-state index in [0.29, 0.717) is 21.1 Å². The summed E-state index contributed by atoms with van der Waals surface area (Å²) >= 11 is 1.22. The minimum atomic E-state index is -3.31. The summed E-state index contributed by atoms with van der Waals surface area (Å²) in [5, 5.41) is 3.13. The third-order valence-corrected chi connectivity index (χ3v) is 6.71. The van der Waals surface area contributed by atoms with Crippen molar-refractivity contribution in [3.8, 4) is 16.9 Å². The Hall–Kier alpha value is -3.23. The number of thiazole rings is 1. The Bertz CT molecular complexity index is 1330. The van der Waals surface area contributed by atoms with Crippen LogP contribution in [0.15, 0.2) is 77.7 Å². The number of sulfone groups is 1. The van der Waals surface area contributed by atoms with E-state index < -0.39 is 15.9 Å². The molecule has 158 valence electrons. The van der Waals surface area contributed by atoms with Crippen molar-refractivity contribution in [3.05, 3.63) is 72.8 Å². The third kappa shape index (κ3) is 4.92. The van der Waals surface area contributed by atoms with E-state index in [2.05, 4.69) is 10.3 Å². The van der Waals surface area contributed by atoms with E-state index >= 15 is 0 Å². The van der Waals surface area contributed by atoms with Crippen LogP contribution in [0.5, 0.6) is 5.75 Å². The van der Waals surface area contributed by atoms with Crippen molar-refractivity contribution < 1.29 is 17.9 Å². The van der Waals surface area contributed by atoms with Gasteiger partial charge in [-0.3, -0.25) is 10.1 Å². The van der Waals surface area contributed by atoms with Gasteiger partial charge in [0.25, 0.3) is 5.91 Å². The largest absolute Gasteiger partial charge is 0.481 e. The Morgan fingerprint density at radius 3 is 2.35 bits per heavy atom. The van der Waals surface area contributed by atoms with Gasteiger partial charge in [0.15, 0.2) is 21.1 Å². The summed E-state index contributed by atoms with van der Waals surface area (Å²) in [6, 6.07) is 22.2. The summed E-state index contributed by atoms with van der Waals surface area (Å²) in [5.74, 6) is 0.249. The molecule has 0 fully saturated rings. The molecule has 1 amide bonds. The van der Waals surface area contributed by atoms with E-state index in [1.165, 1.54) is 17.4 Å². The van der Waals surface area contributed by atoms with E-state index in [0.717, 1.165) is 17.4 Å². The molecule has 1 atom stereocenters. The monoisotopic (exact) mass is 452 g/mol. The van der Waals surface area contributed by atoms with Gasteiger partial charge < -0.3 is 4.74 Å². The van der Waals surface area contributed by atoms with Gasteiger partial charge in [0.1, 0.15) is 5.75 Å². The smallest absolute Gasteiger partial charge is 0.266 e. The van der Waals surface area contributed by atoms with Gasteiger partial charge in [-0.15, -0.1) is 0 Å². The molecule has 0 aliphatic heterocycles. The average Bonchev–Trinajstić information content (AvgIpc) is 3.15. The van der Waals surface area contributed by atoms with E-state index in [9.17, 15) is 13.2 Å². The lowest BCUT2D eigenvalue weighted by Crippen LogP contribution is -2.30. The number of hydrogen-bond acceptors (Lipinski definition) is 6. The van der Waals surface area contributed by atoms with Crippen LogP contribution in [0.1, 0.15) is 6.92 Å². The highest BCUT2D eigenvalue weighted by molar-refractivity contribution is 7.90. The van der Waals surface area contributed by atoms with Gasteiger partial charge in [-0.05, 0) is 48.4 Å². The molecule has 1 aromatic heterocycles. The van der Waals surface area contributed by atoms with Crippen molar-refractivity contribution in [1.82, 2.24) is 4.98 Å². The zero-order valence-electron chi connectivity index (χ0n) is 16.9. The van der Waals surface area contributed by atoms with Crippen molar-refractivity contribution in [2.45, 2.75) is 17.9 Å². The summed E-state index contributed by atoms with van der Waals surface area (Å²) in [7, 11) is -3.31. The predicted octanol–water partition coefficient (Wildman–Crippen LogP) is 4.77. The number of benzene rings is 3. The van der Waals surface area contributed by atoms with E-state index in [-0.39, 0.29) is 10.8 Å². The number of nitrogens with zero attached hydrogens (tertiary/aromatic N) is 1. The Morgan fingerprint density at radius 2 is 1.68 bits per heavy atom. The molecule has 4 rings (SSSR count). The molecule has 0 bridgehead atoms. The molecule has 3 aromatic carbocycles. The van der Waals surface area contributed by atoms with Gasteiger partial charge in [0, 0.05) is 6.26 Å². The van der Waals surface area contributed by atoms with Crippen LogP contribution in [0.2, 0.25) is 0 Å². The van der Waals surface area contributed by atoms with Gasteiger partial charge in [0.2, 0.25) is 0 Å². The molecule has 31 heavy (non-hydrogen) atoms. The van der Waals surface area contributed by atoms with Crippen LogP contribution in [-0.2, 0) is 14.6 Å². The maximum atomic E-state index is 12.5. The lowest BCUT2D eigenvalue weighted by Gasteiger charge is -2.14. The standard InChI is InChI=1S/C23H20N2O4S2/c1-15(29-18-10-8-17(9-11-18)16-6-4-3-5-7-16)22(26)25-23-24-20-13-12-19(31(2,27)28)14-21(20)30-23/h3-15H,1-2H3,(H,24,25,26)/t15-/m0/s1. The lowest BCUT2D eigenvalue weighted by molar-refractivity contribution is -0.122. The molecule has 0 saturated heterocycles. The Balaban J connectivity index is 1.42. The van der Waals surface area contributed by atoms with Crippen LogP contribution in [0.25, 0.3) is 21.3 Å². The number of aromatic nitrogens is 1. The first-order chi connectivity index (χ1) is 14.8. The second kappa shape index (κ2) is 8.49. The first-order valence-corrected chi connectivity index (χ1v) is 12.2. The molecular weight excluding hydrogens is 432 g/mol. The first-order valence-electron chi connectivity index (χ1n) is 9.53. The number of anilines is 1. The number of fused-ring (bicyclic) bond motifs is 1. The first kappa shape index (κ1) is 21.0. The zero-order chi connectivity index (χ0) is 22.0. The number of hydrogen-bond donors (Lipinski definition) is 1. The van der Waals surface area contributed by atoms with Crippen LogP contribution in [0.3, 0.4) is 0 Å². The number of amides is 1. The number of carbonyl (C=O) groups is 1. The van der Waals surface area contributed by atoms with Crippen molar-refractivity contribution in [1.29, 1.82) is 0 Å². The zero-order valence-corrected chi connectivity index (χ0v) is 18.5. The van der Waals surface area contributed by atoms with Gasteiger partial charge >= 0.3 is 0 Å². The molecule has 6 nitrogen and oxygen atoms in total. The van der Waals surface area contributed by atoms with Gasteiger partial charge in [-0.2, -0.15) is 0 Å². The number of nitrogens with one attached hydrogen (secondary N) is 1. The normalized spacial score (nSPS) is 12.5. The fraction of sp³-hybridized carbons (Fsp3) is 0.130. The molecule has 0 aliphatic carbocycles. The SMILES string of the molecule is C[C@H](Oc1ccc(-c2ccccc2)cc1)C(=O)Nc1nc2ccc(S(C)(=O)=O)cc2s1. The Labute approximate surface area is 184 Å². The van der Waals surface area contributed by atoms with Gasteiger partial charge in [-0.1, -0.05) is 53.8 Å². The van der Waals surface area contributed by atoms with Gasteiger partial charge in [-0.25, -0.2) is 13.4 Å². The van der Waals surface area contributed by atoms with Gasteiger partial charge in [0.05, 0.1) is 15.1 Å². The summed E-state index contributed by atoms with van der Waals surface area (Å²) in [4.78, 5) is 17.1. The number of carbonyl (C=O) groups excluding carboxylic acids is 1. The summed E-state index contributed by atoms with van der Waals surface area (Å²) in [6.45, 7) is 1.66. The van der Waals surface area contributed by atoms with Crippen molar-refractivity contribution in [3.63, 3.8) is 0 Å². The third-order valence-electron chi connectivity index (χ3n) is 4.66. The highest BCUT2D eigenvalue weighted by Crippen LogP contribution is 2.28. The molecule has 1 N–H and O–H groups in total. The minimum Gasteiger partial charge on any atom is -0.481 e. The quantitative estimate of drug-likeness (QED) is 0.455. The van der Waals surface area contributed by atoms with Crippen molar-refractivity contribution in [2.24, 2.45) is 0 Å². The van der Waals surface area contributed by atoms with Crippen LogP contribution >= 0.6 is 11.3 Å². The topological polar surface area (TPSA) is 85.4 Å². The fourth-order valence-corrected chi connectivity index (χ4v) is 4.64. The molecule has 1 heterocycles. The second-order valence-corrected chi connectivity index (χ2v) is 10.1. The molecule has 8 heteroatoms.